The molecule has 0 saturated carbocycles. The number of carbonyl (C=O) groups excluding carboxylic acids is 6. The van der Waals surface area contributed by atoms with Crippen molar-refractivity contribution in [3.8, 4) is 0 Å². The van der Waals surface area contributed by atoms with Crippen LogP contribution in [0.4, 0.5) is 5.69 Å². The molecule has 0 radical (unpaired) electrons. The Balaban J connectivity index is 1.13. The Hall–Kier alpha value is -4.84. The highest BCUT2D eigenvalue weighted by molar-refractivity contribution is 9.10. The normalized spacial score (nSPS) is 21.0. The molecule has 2 amide bonds. The zero-order chi connectivity index (χ0) is 44.7. The predicted octanol–water partition coefficient (Wildman–Crippen LogP) is 8.41. The van der Waals surface area contributed by atoms with E-state index in [1.54, 1.807) is 9.80 Å². The van der Waals surface area contributed by atoms with Crippen molar-refractivity contribution >= 4 is 56.9 Å². The molecule has 3 aromatic rings. The summed E-state index contributed by atoms with van der Waals surface area (Å²) in [6.07, 6.45) is 5.02. The van der Waals surface area contributed by atoms with Crippen LogP contribution in [-0.2, 0) is 51.1 Å². The molecule has 12 heteroatoms. The van der Waals surface area contributed by atoms with Crippen LogP contribution in [0, 0.1) is 23.7 Å². The average Bonchev–Trinajstić information content (AvgIpc) is 4.06. The molecule has 3 aromatic carbocycles. The van der Waals surface area contributed by atoms with Crippen molar-refractivity contribution in [2.75, 3.05) is 32.2 Å². The standard InChI is InChI=1S/C50H62BrN3O8/c1-31(2)39(29-47(57)61-5)49(59)52-25-7-9-43(52)45(55)27-33-11-15-35(16-12-33)41-23-24-42(54(41)38-21-19-37(51)20-22-38)36-17-13-34(14-18-36)28-46(56)44-10-8-26-53(44)50(60)40(32(3)4)30-48(58)62-6/h11-22,31-32,39-44H,7-10,23-30H2,1-6H3/t39-,40-,41-,42-,43-,44-/m0/s1. The zero-order valence-corrected chi connectivity index (χ0v) is 38.6. The molecule has 0 N–H and O–H groups in total. The van der Waals surface area contributed by atoms with E-state index in [1.807, 2.05) is 52.0 Å². The first-order valence-electron chi connectivity index (χ1n) is 22.2. The highest BCUT2D eigenvalue weighted by Crippen LogP contribution is 2.47. The van der Waals surface area contributed by atoms with Gasteiger partial charge in [0.1, 0.15) is 0 Å². The van der Waals surface area contributed by atoms with E-state index in [9.17, 15) is 28.8 Å². The number of esters is 2. The van der Waals surface area contributed by atoms with Crippen LogP contribution >= 0.6 is 15.9 Å². The third kappa shape index (κ3) is 10.8. The van der Waals surface area contributed by atoms with E-state index in [-0.39, 0.29) is 73.0 Å². The molecule has 0 bridgehead atoms. The number of carbonyl (C=O) groups is 6. The summed E-state index contributed by atoms with van der Waals surface area (Å²) >= 11 is 3.60. The number of hydrogen-bond acceptors (Lipinski definition) is 9. The van der Waals surface area contributed by atoms with E-state index in [1.165, 1.54) is 14.2 Å². The van der Waals surface area contributed by atoms with Crippen molar-refractivity contribution < 1.29 is 38.2 Å². The number of halogens is 1. The van der Waals surface area contributed by atoms with Gasteiger partial charge in [0, 0.05) is 36.1 Å². The summed E-state index contributed by atoms with van der Waals surface area (Å²) in [4.78, 5) is 84.8. The molecule has 3 aliphatic rings. The van der Waals surface area contributed by atoms with Gasteiger partial charge in [-0.25, -0.2) is 0 Å². The quantitative estimate of drug-likeness (QED) is 0.123. The van der Waals surface area contributed by atoms with Gasteiger partial charge in [-0.2, -0.15) is 0 Å². The number of benzene rings is 3. The number of Topliss-reactive ketones (excluding diaryl/α,β-unsaturated/α-hetero) is 2. The maximum Gasteiger partial charge on any atom is 0.306 e. The number of ketones is 2. The summed E-state index contributed by atoms with van der Waals surface area (Å²) in [7, 11) is 2.65. The molecule has 3 fully saturated rings. The highest BCUT2D eigenvalue weighted by atomic mass is 79.9. The van der Waals surface area contributed by atoms with Crippen molar-refractivity contribution in [3.63, 3.8) is 0 Å². The fraction of sp³-hybridized carbons (Fsp3) is 0.520. The van der Waals surface area contributed by atoms with Crippen LogP contribution in [0.5, 0.6) is 0 Å². The lowest BCUT2D eigenvalue weighted by molar-refractivity contribution is -0.149. The van der Waals surface area contributed by atoms with E-state index in [0.717, 1.165) is 58.1 Å². The second-order valence-electron chi connectivity index (χ2n) is 17.9. The molecule has 3 saturated heterocycles. The minimum Gasteiger partial charge on any atom is -0.469 e. The van der Waals surface area contributed by atoms with Gasteiger partial charge in [-0.3, -0.25) is 28.8 Å². The number of ether oxygens (including phenoxy) is 2. The van der Waals surface area contributed by atoms with Crippen LogP contribution in [0.2, 0.25) is 0 Å². The van der Waals surface area contributed by atoms with Gasteiger partial charge in [0.2, 0.25) is 11.8 Å². The van der Waals surface area contributed by atoms with Crippen LogP contribution in [0.3, 0.4) is 0 Å². The lowest BCUT2D eigenvalue weighted by Crippen LogP contribution is -2.45. The minimum atomic E-state index is -0.530. The van der Waals surface area contributed by atoms with E-state index >= 15 is 0 Å². The molecule has 6 atom stereocenters. The number of amides is 2. The molecular formula is C50H62BrN3O8. The fourth-order valence-electron chi connectivity index (χ4n) is 9.69. The molecule has 3 aliphatic heterocycles. The SMILES string of the molecule is COC(=O)C[C@H](C(=O)N1CCC[C@H]1C(=O)Cc1ccc([C@@H]2CC[C@@H](c3ccc(CC(=O)[C@@H]4CCCN4C(=O)[C@@H](CC(=O)OC)C(C)C)cc3)N2c2ccc(Br)cc2)cc1)C(C)C. The molecule has 0 unspecified atom stereocenters. The monoisotopic (exact) mass is 911 g/mol. The molecule has 0 aliphatic carbocycles. The lowest BCUT2D eigenvalue weighted by atomic mass is 9.90. The molecule has 11 nitrogen and oxygen atoms in total. The summed E-state index contributed by atoms with van der Waals surface area (Å²) < 4.78 is 10.7. The Morgan fingerprint density at radius 3 is 1.32 bits per heavy atom. The molecule has 3 heterocycles. The molecule has 332 valence electrons. The van der Waals surface area contributed by atoms with Gasteiger partial charge in [0.25, 0.3) is 0 Å². The maximum atomic E-state index is 13.7. The van der Waals surface area contributed by atoms with Crippen molar-refractivity contribution in [2.45, 2.75) is 116 Å². The summed E-state index contributed by atoms with van der Waals surface area (Å²) in [5.41, 5.74) is 5.19. The smallest absolute Gasteiger partial charge is 0.306 e. The van der Waals surface area contributed by atoms with Crippen LogP contribution in [0.1, 0.15) is 113 Å². The molecule has 0 aromatic heterocycles. The number of likely N-dealkylation sites (tertiary alicyclic amines) is 2. The minimum absolute atomic E-state index is 0.00267. The third-order valence-electron chi connectivity index (χ3n) is 13.3. The van der Waals surface area contributed by atoms with Crippen LogP contribution in [-0.4, -0.2) is 84.5 Å². The summed E-state index contributed by atoms with van der Waals surface area (Å²) in [5, 5.41) is 0. The summed E-state index contributed by atoms with van der Waals surface area (Å²) in [5.74, 6) is -2.32. The van der Waals surface area contributed by atoms with Gasteiger partial charge >= 0.3 is 11.9 Å². The first kappa shape index (κ1) is 46.7. The fourth-order valence-corrected chi connectivity index (χ4v) is 9.95. The number of hydrogen-bond donors (Lipinski definition) is 0. The third-order valence-corrected chi connectivity index (χ3v) is 13.8. The van der Waals surface area contributed by atoms with Gasteiger partial charge in [-0.05, 0) is 96.9 Å². The van der Waals surface area contributed by atoms with Crippen LogP contribution in [0.15, 0.2) is 77.3 Å². The number of anilines is 1. The Labute approximate surface area is 375 Å². The predicted molar refractivity (Wildman–Crippen MR) is 241 cm³/mol. The van der Waals surface area contributed by atoms with Gasteiger partial charge in [-0.15, -0.1) is 0 Å². The van der Waals surface area contributed by atoms with Crippen molar-refractivity contribution in [2.24, 2.45) is 23.7 Å². The number of nitrogens with zero attached hydrogens (tertiary/aromatic N) is 3. The number of rotatable bonds is 17. The molecule has 6 rings (SSSR count). The topological polar surface area (TPSA) is 131 Å². The Bertz CT molecular complexity index is 1940. The Morgan fingerprint density at radius 1 is 0.581 bits per heavy atom. The van der Waals surface area contributed by atoms with E-state index in [4.69, 9.17) is 9.47 Å². The summed E-state index contributed by atoms with van der Waals surface area (Å²) in [6.45, 7) is 8.69. The van der Waals surface area contributed by atoms with Crippen LogP contribution < -0.4 is 4.90 Å². The molecule has 0 spiro atoms. The van der Waals surface area contributed by atoms with E-state index < -0.39 is 35.9 Å². The molecule has 62 heavy (non-hydrogen) atoms. The zero-order valence-electron chi connectivity index (χ0n) is 37.0. The second-order valence-corrected chi connectivity index (χ2v) is 18.8. The van der Waals surface area contributed by atoms with Gasteiger partial charge in [-0.1, -0.05) is 92.2 Å². The Morgan fingerprint density at radius 2 is 0.968 bits per heavy atom. The largest absolute Gasteiger partial charge is 0.469 e. The van der Waals surface area contributed by atoms with Crippen molar-refractivity contribution in [1.29, 1.82) is 0 Å². The Kier molecular flexibility index (Phi) is 15.8. The van der Waals surface area contributed by atoms with Crippen molar-refractivity contribution in [3.05, 3.63) is 99.5 Å². The first-order chi connectivity index (χ1) is 29.7. The molecular weight excluding hydrogens is 850 g/mol. The van der Waals surface area contributed by atoms with E-state index in [0.29, 0.717) is 25.9 Å². The maximum absolute atomic E-state index is 13.7. The van der Waals surface area contributed by atoms with E-state index in [2.05, 4.69) is 69.4 Å². The average molecular weight is 913 g/mol. The highest BCUT2D eigenvalue weighted by Gasteiger charge is 2.41. The van der Waals surface area contributed by atoms with Crippen molar-refractivity contribution in [1.82, 2.24) is 9.80 Å². The second kappa shape index (κ2) is 21.0. The van der Waals surface area contributed by atoms with Gasteiger partial charge in [0.15, 0.2) is 11.6 Å². The van der Waals surface area contributed by atoms with Gasteiger partial charge < -0.3 is 24.2 Å². The lowest BCUT2D eigenvalue weighted by Gasteiger charge is -2.33. The van der Waals surface area contributed by atoms with Crippen LogP contribution in [0.25, 0.3) is 0 Å². The summed E-state index contributed by atoms with van der Waals surface area (Å²) in [6, 6.07) is 24.1. The number of methoxy groups -OCH3 is 2. The van der Waals surface area contributed by atoms with Gasteiger partial charge in [0.05, 0.1) is 63.1 Å². The first-order valence-corrected chi connectivity index (χ1v) is 23.0.